The predicted octanol–water partition coefficient (Wildman–Crippen LogP) is 4.82. The Balaban J connectivity index is 1.84. The van der Waals surface area contributed by atoms with Gasteiger partial charge in [0.25, 0.3) is 5.91 Å². The highest BCUT2D eigenvalue weighted by atomic mass is 16.1. The molecule has 3 aromatic rings. The Bertz CT molecular complexity index is 1040. The summed E-state index contributed by atoms with van der Waals surface area (Å²) >= 11 is 0. The highest BCUT2D eigenvalue weighted by molar-refractivity contribution is 6.04. The summed E-state index contributed by atoms with van der Waals surface area (Å²) in [6, 6.07) is 17.9. The number of H-pyrrole nitrogens is 1. The van der Waals surface area contributed by atoms with E-state index in [9.17, 15) is 10.1 Å². The number of para-hydroxylation sites is 1. The van der Waals surface area contributed by atoms with E-state index in [0.29, 0.717) is 0 Å². The zero-order valence-electron chi connectivity index (χ0n) is 15.8. The van der Waals surface area contributed by atoms with Crippen LogP contribution < -0.4 is 5.32 Å². The number of carbonyl (C=O) groups excluding carboxylic acids is 1. The molecule has 0 aliphatic heterocycles. The minimum absolute atomic E-state index is 0.0971. The maximum Gasteiger partial charge on any atom is 0.262 e. The molecule has 0 spiro atoms. The lowest BCUT2D eigenvalue weighted by atomic mass is 10.0. The summed E-state index contributed by atoms with van der Waals surface area (Å²) in [7, 11) is 0. The van der Waals surface area contributed by atoms with E-state index in [0.717, 1.165) is 34.1 Å². The first kappa shape index (κ1) is 18.5. The van der Waals surface area contributed by atoms with Gasteiger partial charge in [-0.05, 0) is 43.5 Å². The quantitative estimate of drug-likeness (QED) is 0.507. The van der Waals surface area contributed by atoms with Gasteiger partial charge >= 0.3 is 0 Å². The van der Waals surface area contributed by atoms with Crippen LogP contribution in [0.3, 0.4) is 0 Å². The third kappa shape index (κ3) is 3.93. The van der Waals surface area contributed by atoms with Gasteiger partial charge in [-0.3, -0.25) is 4.79 Å². The van der Waals surface area contributed by atoms with Crippen molar-refractivity contribution in [3.05, 3.63) is 76.5 Å². The van der Waals surface area contributed by atoms with Gasteiger partial charge in [-0.2, -0.15) is 5.26 Å². The Hall–Kier alpha value is -3.32. The monoisotopic (exact) mass is 357 g/mol. The molecule has 0 unspecified atom stereocenters. The molecule has 0 saturated heterocycles. The van der Waals surface area contributed by atoms with Crippen LogP contribution in [0.4, 0.5) is 0 Å². The van der Waals surface area contributed by atoms with Crippen LogP contribution in [0.15, 0.2) is 54.1 Å². The Morgan fingerprint density at radius 3 is 2.59 bits per heavy atom. The first-order valence-corrected chi connectivity index (χ1v) is 9.12. The number of carbonyl (C=O) groups is 1. The van der Waals surface area contributed by atoms with E-state index >= 15 is 0 Å². The summed E-state index contributed by atoms with van der Waals surface area (Å²) in [6.45, 7) is 5.97. The molecule has 136 valence electrons. The zero-order chi connectivity index (χ0) is 19.4. The van der Waals surface area contributed by atoms with Gasteiger partial charge < -0.3 is 10.3 Å². The van der Waals surface area contributed by atoms with E-state index in [2.05, 4.69) is 29.4 Å². The summed E-state index contributed by atoms with van der Waals surface area (Å²) in [5.74, 6) is -0.366. The molecule has 2 N–H and O–H groups in total. The second-order valence-electron chi connectivity index (χ2n) is 6.67. The standard InChI is InChI=1S/C23H23N3O/c1-4-17-9-11-18(12-10-17)15(2)26-23(27)19(14-24)13-21-16(3)25-22-8-6-5-7-20(21)22/h5-13,15,25H,4H2,1-3H3,(H,26,27)/b19-13-/t15-/m0/s1. The van der Waals surface area contributed by atoms with Crippen molar-refractivity contribution in [2.45, 2.75) is 33.2 Å². The molecular formula is C23H23N3O. The van der Waals surface area contributed by atoms with Gasteiger partial charge in [0.1, 0.15) is 11.6 Å². The molecule has 2 aromatic carbocycles. The molecule has 1 atom stereocenters. The van der Waals surface area contributed by atoms with Gasteiger partial charge in [-0.1, -0.05) is 49.4 Å². The van der Waals surface area contributed by atoms with Gasteiger partial charge in [0.2, 0.25) is 0 Å². The molecule has 0 aliphatic carbocycles. The third-order valence-electron chi connectivity index (χ3n) is 4.83. The van der Waals surface area contributed by atoms with Crippen molar-refractivity contribution in [3.8, 4) is 6.07 Å². The number of aryl methyl sites for hydroxylation is 2. The normalized spacial score (nSPS) is 12.6. The van der Waals surface area contributed by atoms with Crippen LogP contribution in [0.1, 0.15) is 42.3 Å². The average molecular weight is 357 g/mol. The Morgan fingerprint density at radius 2 is 1.93 bits per heavy atom. The Kier molecular flexibility index (Phi) is 5.42. The van der Waals surface area contributed by atoms with Crippen molar-refractivity contribution in [2.24, 2.45) is 0 Å². The SMILES string of the molecule is CCc1ccc([C@H](C)NC(=O)/C(C#N)=C\c2c(C)[nH]c3ccccc23)cc1. The summed E-state index contributed by atoms with van der Waals surface area (Å²) in [6.07, 6.45) is 2.64. The number of hydrogen-bond donors (Lipinski definition) is 2. The van der Waals surface area contributed by atoms with Crippen LogP contribution in [0, 0.1) is 18.3 Å². The molecule has 0 saturated carbocycles. The van der Waals surface area contributed by atoms with Crippen molar-refractivity contribution < 1.29 is 4.79 Å². The number of amides is 1. The molecule has 0 bridgehead atoms. The fourth-order valence-electron chi connectivity index (χ4n) is 3.18. The number of rotatable bonds is 5. The number of benzene rings is 2. The number of fused-ring (bicyclic) bond motifs is 1. The van der Waals surface area contributed by atoms with E-state index in [4.69, 9.17) is 0 Å². The summed E-state index contributed by atoms with van der Waals surface area (Å²) in [4.78, 5) is 15.9. The van der Waals surface area contributed by atoms with Crippen molar-refractivity contribution in [3.63, 3.8) is 0 Å². The molecule has 4 heteroatoms. The minimum atomic E-state index is -0.366. The molecule has 0 radical (unpaired) electrons. The molecule has 0 aliphatic rings. The van der Waals surface area contributed by atoms with Crippen LogP contribution >= 0.6 is 0 Å². The lowest BCUT2D eigenvalue weighted by Crippen LogP contribution is -2.27. The number of nitrogens with one attached hydrogen (secondary N) is 2. The predicted molar refractivity (Wildman–Crippen MR) is 109 cm³/mol. The maximum absolute atomic E-state index is 12.6. The van der Waals surface area contributed by atoms with E-state index in [1.165, 1.54) is 5.56 Å². The molecule has 0 fully saturated rings. The van der Waals surface area contributed by atoms with Gasteiger partial charge in [-0.25, -0.2) is 0 Å². The fraction of sp³-hybridized carbons (Fsp3) is 0.217. The molecule has 27 heavy (non-hydrogen) atoms. The zero-order valence-corrected chi connectivity index (χ0v) is 15.8. The van der Waals surface area contributed by atoms with Crippen LogP contribution in [-0.2, 0) is 11.2 Å². The topological polar surface area (TPSA) is 68.7 Å². The van der Waals surface area contributed by atoms with Crippen LogP contribution in [0.5, 0.6) is 0 Å². The first-order chi connectivity index (χ1) is 13.0. The van der Waals surface area contributed by atoms with Gasteiger partial charge in [0, 0.05) is 22.2 Å². The van der Waals surface area contributed by atoms with Crippen LogP contribution in [-0.4, -0.2) is 10.9 Å². The molecule has 1 amide bonds. The van der Waals surface area contributed by atoms with Gasteiger partial charge in [0.05, 0.1) is 6.04 Å². The second kappa shape index (κ2) is 7.92. The highest BCUT2D eigenvalue weighted by Crippen LogP contribution is 2.24. The van der Waals surface area contributed by atoms with E-state index < -0.39 is 0 Å². The fourth-order valence-corrected chi connectivity index (χ4v) is 3.18. The van der Waals surface area contributed by atoms with Gasteiger partial charge in [0.15, 0.2) is 0 Å². The van der Waals surface area contributed by atoms with Crippen LogP contribution in [0.25, 0.3) is 17.0 Å². The summed E-state index contributed by atoms with van der Waals surface area (Å²) in [5.41, 5.74) is 5.16. The summed E-state index contributed by atoms with van der Waals surface area (Å²) in [5, 5.41) is 13.4. The molecule has 3 rings (SSSR count). The smallest absolute Gasteiger partial charge is 0.262 e. The number of aromatic nitrogens is 1. The first-order valence-electron chi connectivity index (χ1n) is 9.12. The summed E-state index contributed by atoms with van der Waals surface area (Å²) < 4.78 is 0. The molecule has 1 aromatic heterocycles. The number of aromatic amines is 1. The molecule has 4 nitrogen and oxygen atoms in total. The van der Waals surface area contributed by atoms with Gasteiger partial charge in [-0.15, -0.1) is 0 Å². The van der Waals surface area contributed by atoms with Crippen molar-refractivity contribution in [2.75, 3.05) is 0 Å². The van der Waals surface area contributed by atoms with E-state index in [1.807, 2.05) is 56.3 Å². The average Bonchev–Trinajstić information content (AvgIpc) is 3.00. The van der Waals surface area contributed by atoms with Crippen molar-refractivity contribution in [1.82, 2.24) is 10.3 Å². The lowest BCUT2D eigenvalue weighted by molar-refractivity contribution is -0.117. The Morgan fingerprint density at radius 1 is 1.22 bits per heavy atom. The largest absolute Gasteiger partial charge is 0.358 e. The number of nitrogens with zero attached hydrogens (tertiary/aromatic N) is 1. The molecule has 1 heterocycles. The second-order valence-corrected chi connectivity index (χ2v) is 6.67. The lowest BCUT2D eigenvalue weighted by Gasteiger charge is -2.14. The number of nitriles is 1. The van der Waals surface area contributed by atoms with E-state index in [-0.39, 0.29) is 17.5 Å². The maximum atomic E-state index is 12.6. The third-order valence-corrected chi connectivity index (χ3v) is 4.83. The minimum Gasteiger partial charge on any atom is -0.358 e. The van der Waals surface area contributed by atoms with Crippen molar-refractivity contribution in [1.29, 1.82) is 5.26 Å². The van der Waals surface area contributed by atoms with E-state index in [1.54, 1.807) is 6.08 Å². The Labute approximate surface area is 159 Å². The number of hydrogen-bond acceptors (Lipinski definition) is 2. The highest BCUT2D eigenvalue weighted by Gasteiger charge is 2.15. The van der Waals surface area contributed by atoms with Crippen molar-refractivity contribution >= 4 is 22.9 Å². The molecular weight excluding hydrogens is 334 g/mol. The van der Waals surface area contributed by atoms with Crippen LogP contribution in [0.2, 0.25) is 0 Å².